The van der Waals surface area contributed by atoms with E-state index in [1.165, 1.54) is 6.07 Å². The van der Waals surface area contributed by atoms with Crippen LogP contribution in [0.15, 0.2) is 18.2 Å². The third kappa shape index (κ3) is 4.81. The van der Waals surface area contributed by atoms with Gasteiger partial charge < -0.3 is 15.5 Å². The highest BCUT2D eigenvalue weighted by Gasteiger charge is 2.14. The van der Waals surface area contributed by atoms with Crippen molar-refractivity contribution in [3.8, 4) is 0 Å². The Morgan fingerprint density at radius 3 is 2.70 bits per heavy atom. The van der Waals surface area contributed by atoms with Crippen LogP contribution >= 0.6 is 0 Å². The highest BCUT2D eigenvalue weighted by Crippen LogP contribution is 2.19. The van der Waals surface area contributed by atoms with Gasteiger partial charge in [-0.05, 0) is 32.1 Å². The molecule has 0 spiro atoms. The van der Waals surface area contributed by atoms with Crippen molar-refractivity contribution < 1.29 is 9.18 Å². The van der Waals surface area contributed by atoms with Crippen LogP contribution in [0.2, 0.25) is 0 Å². The summed E-state index contributed by atoms with van der Waals surface area (Å²) in [5.41, 5.74) is 0.647. The second-order valence-corrected chi connectivity index (χ2v) is 4.74. The van der Waals surface area contributed by atoms with E-state index in [4.69, 9.17) is 0 Å². The zero-order valence-electron chi connectivity index (χ0n) is 12.5. The molecular formula is C15H24FN3O. The van der Waals surface area contributed by atoms with Crippen LogP contribution in [-0.2, 0) is 0 Å². The monoisotopic (exact) mass is 281 g/mol. The lowest BCUT2D eigenvalue weighted by Crippen LogP contribution is -2.33. The number of halogens is 1. The van der Waals surface area contributed by atoms with E-state index in [9.17, 15) is 9.18 Å². The molecular weight excluding hydrogens is 257 g/mol. The summed E-state index contributed by atoms with van der Waals surface area (Å²) in [4.78, 5) is 14.2. The smallest absolute Gasteiger partial charge is 0.253 e. The number of para-hydroxylation sites is 1. The van der Waals surface area contributed by atoms with E-state index in [2.05, 4.69) is 22.5 Å². The third-order valence-corrected chi connectivity index (χ3v) is 3.13. The largest absolute Gasteiger partial charge is 0.382 e. The molecule has 2 N–H and O–H groups in total. The van der Waals surface area contributed by atoms with Gasteiger partial charge in [-0.25, -0.2) is 4.39 Å². The van der Waals surface area contributed by atoms with Gasteiger partial charge in [0.05, 0.1) is 11.3 Å². The van der Waals surface area contributed by atoms with Crippen molar-refractivity contribution in [2.45, 2.75) is 20.3 Å². The molecule has 0 unspecified atom stereocenters. The second-order valence-electron chi connectivity index (χ2n) is 4.74. The number of likely N-dealkylation sites (N-methyl/N-ethyl adjacent to an activating group) is 1. The summed E-state index contributed by atoms with van der Waals surface area (Å²) in [6.45, 7) is 6.94. The standard InChI is InChI=1S/C15H24FN3O/c1-4-9-17-14-12(7-6-8-13(14)16)15(20)18-10-11-19(3)5-2/h6-8,17H,4-5,9-11H2,1-3H3,(H,18,20). The molecule has 1 aromatic carbocycles. The summed E-state index contributed by atoms with van der Waals surface area (Å²) in [5, 5.41) is 5.80. The fraction of sp³-hybridized carbons (Fsp3) is 0.533. The summed E-state index contributed by atoms with van der Waals surface area (Å²) in [7, 11) is 1.99. The molecule has 1 aromatic rings. The van der Waals surface area contributed by atoms with E-state index in [0.717, 1.165) is 19.5 Å². The van der Waals surface area contributed by atoms with Gasteiger partial charge in [0.1, 0.15) is 5.82 Å². The summed E-state index contributed by atoms with van der Waals surface area (Å²) >= 11 is 0. The number of hydrogen-bond acceptors (Lipinski definition) is 3. The maximum atomic E-state index is 13.8. The Balaban J connectivity index is 2.69. The molecule has 20 heavy (non-hydrogen) atoms. The number of hydrogen-bond donors (Lipinski definition) is 2. The third-order valence-electron chi connectivity index (χ3n) is 3.13. The van der Waals surface area contributed by atoms with Gasteiger partial charge in [0.25, 0.3) is 5.91 Å². The SMILES string of the molecule is CCCNc1c(F)cccc1C(=O)NCCN(C)CC. The van der Waals surface area contributed by atoms with E-state index in [1.807, 2.05) is 14.0 Å². The predicted octanol–water partition coefficient (Wildman–Crippen LogP) is 2.33. The van der Waals surface area contributed by atoms with E-state index in [1.54, 1.807) is 12.1 Å². The Morgan fingerprint density at radius 1 is 1.30 bits per heavy atom. The van der Waals surface area contributed by atoms with Crippen molar-refractivity contribution >= 4 is 11.6 Å². The molecule has 112 valence electrons. The minimum Gasteiger partial charge on any atom is -0.382 e. The van der Waals surface area contributed by atoms with Crippen molar-refractivity contribution in [2.75, 3.05) is 38.5 Å². The first-order valence-corrected chi connectivity index (χ1v) is 7.09. The van der Waals surface area contributed by atoms with Crippen LogP contribution in [-0.4, -0.2) is 44.0 Å². The number of nitrogens with one attached hydrogen (secondary N) is 2. The lowest BCUT2D eigenvalue weighted by molar-refractivity contribution is 0.0950. The minimum absolute atomic E-state index is 0.243. The maximum absolute atomic E-state index is 13.8. The molecule has 0 heterocycles. The van der Waals surface area contributed by atoms with Gasteiger partial charge in [0, 0.05) is 19.6 Å². The average molecular weight is 281 g/mol. The zero-order valence-corrected chi connectivity index (χ0v) is 12.5. The highest BCUT2D eigenvalue weighted by molar-refractivity contribution is 5.99. The Labute approximate surface area is 120 Å². The fourth-order valence-corrected chi connectivity index (χ4v) is 1.76. The molecule has 5 heteroatoms. The number of benzene rings is 1. The van der Waals surface area contributed by atoms with E-state index in [0.29, 0.717) is 18.7 Å². The van der Waals surface area contributed by atoms with Gasteiger partial charge in [-0.15, -0.1) is 0 Å². The topological polar surface area (TPSA) is 44.4 Å². The molecule has 0 saturated carbocycles. The number of carbonyl (C=O) groups is 1. The summed E-state index contributed by atoms with van der Waals surface area (Å²) < 4.78 is 13.8. The first-order valence-electron chi connectivity index (χ1n) is 7.09. The van der Waals surface area contributed by atoms with Crippen LogP contribution < -0.4 is 10.6 Å². The molecule has 0 fully saturated rings. The van der Waals surface area contributed by atoms with Gasteiger partial charge in [-0.2, -0.15) is 0 Å². The second kappa shape index (κ2) is 8.53. The Hall–Kier alpha value is -1.62. The van der Waals surface area contributed by atoms with Crippen LogP contribution in [0, 0.1) is 5.82 Å². The van der Waals surface area contributed by atoms with Crippen LogP contribution in [0.3, 0.4) is 0 Å². The van der Waals surface area contributed by atoms with Gasteiger partial charge >= 0.3 is 0 Å². The van der Waals surface area contributed by atoms with Crippen LogP contribution in [0.5, 0.6) is 0 Å². The Kier molecular flexibility index (Phi) is 7.01. The van der Waals surface area contributed by atoms with E-state index >= 15 is 0 Å². The zero-order chi connectivity index (χ0) is 15.0. The summed E-state index contributed by atoms with van der Waals surface area (Å²) in [5.74, 6) is -0.635. The fourth-order valence-electron chi connectivity index (χ4n) is 1.76. The summed E-state index contributed by atoms with van der Waals surface area (Å²) in [6, 6.07) is 4.55. The molecule has 0 bridgehead atoms. The van der Waals surface area contributed by atoms with Crippen molar-refractivity contribution in [3.63, 3.8) is 0 Å². The van der Waals surface area contributed by atoms with Crippen molar-refractivity contribution in [1.29, 1.82) is 0 Å². The van der Waals surface area contributed by atoms with Crippen LogP contribution in [0.4, 0.5) is 10.1 Å². The van der Waals surface area contributed by atoms with Gasteiger partial charge in [-0.3, -0.25) is 4.79 Å². The molecule has 1 amide bonds. The number of amides is 1. The van der Waals surface area contributed by atoms with Gasteiger partial charge in [-0.1, -0.05) is 19.9 Å². The molecule has 0 aromatic heterocycles. The number of nitrogens with zero attached hydrogens (tertiary/aromatic N) is 1. The van der Waals surface area contributed by atoms with E-state index in [-0.39, 0.29) is 11.6 Å². The van der Waals surface area contributed by atoms with Crippen molar-refractivity contribution in [1.82, 2.24) is 10.2 Å². The van der Waals surface area contributed by atoms with Crippen LogP contribution in [0.1, 0.15) is 30.6 Å². The molecule has 0 aliphatic rings. The quantitative estimate of drug-likeness (QED) is 0.768. The van der Waals surface area contributed by atoms with Gasteiger partial charge in [0.15, 0.2) is 0 Å². The Morgan fingerprint density at radius 2 is 2.05 bits per heavy atom. The van der Waals surface area contributed by atoms with Crippen LogP contribution in [0.25, 0.3) is 0 Å². The van der Waals surface area contributed by atoms with E-state index < -0.39 is 5.82 Å². The first-order chi connectivity index (χ1) is 9.60. The molecule has 0 aliphatic heterocycles. The Bertz CT molecular complexity index is 437. The summed E-state index contributed by atoms with van der Waals surface area (Å²) in [6.07, 6.45) is 0.872. The number of rotatable bonds is 8. The highest BCUT2D eigenvalue weighted by atomic mass is 19.1. The number of anilines is 1. The molecule has 4 nitrogen and oxygen atoms in total. The first kappa shape index (κ1) is 16.4. The molecule has 0 radical (unpaired) electrons. The lowest BCUT2D eigenvalue weighted by atomic mass is 10.1. The minimum atomic E-state index is -0.392. The maximum Gasteiger partial charge on any atom is 0.253 e. The number of carbonyl (C=O) groups excluding carboxylic acids is 1. The van der Waals surface area contributed by atoms with Gasteiger partial charge in [0.2, 0.25) is 0 Å². The molecule has 0 saturated heterocycles. The van der Waals surface area contributed by atoms with Crippen molar-refractivity contribution in [2.24, 2.45) is 0 Å². The normalized spacial score (nSPS) is 10.7. The lowest BCUT2D eigenvalue weighted by Gasteiger charge is -2.15. The molecule has 0 aliphatic carbocycles. The molecule has 0 atom stereocenters. The molecule has 1 rings (SSSR count). The average Bonchev–Trinajstić information content (AvgIpc) is 2.45. The predicted molar refractivity (Wildman–Crippen MR) is 80.7 cm³/mol. The van der Waals surface area contributed by atoms with Crippen molar-refractivity contribution in [3.05, 3.63) is 29.6 Å².